The lowest BCUT2D eigenvalue weighted by Crippen LogP contribution is -2.03. The lowest BCUT2D eigenvalue weighted by molar-refractivity contribution is 0.0695. The van der Waals surface area contributed by atoms with Crippen LogP contribution in [0.4, 0.5) is 5.69 Å². The summed E-state index contributed by atoms with van der Waals surface area (Å²) in [6.07, 6.45) is 3.15. The zero-order valence-corrected chi connectivity index (χ0v) is 10.2. The number of rotatable bonds is 4. The molecule has 0 saturated carbocycles. The van der Waals surface area contributed by atoms with E-state index >= 15 is 0 Å². The Balaban J connectivity index is 2.10. The van der Waals surface area contributed by atoms with Gasteiger partial charge in [0, 0.05) is 11.9 Å². The topological polar surface area (TPSA) is 89.1 Å². The van der Waals surface area contributed by atoms with Crippen molar-refractivity contribution in [3.63, 3.8) is 0 Å². The van der Waals surface area contributed by atoms with Crippen molar-refractivity contribution >= 4 is 23.4 Å². The van der Waals surface area contributed by atoms with Crippen molar-refractivity contribution in [3.8, 4) is 0 Å². The minimum atomic E-state index is -0.969. The molecule has 3 N–H and O–H groups in total. The van der Waals surface area contributed by atoms with Crippen LogP contribution in [0.25, 0.3) is 0 Å². The van der Waals surface area contributed by atoms with Crippen molar-refractivity contribution in [3.05, 3.63) is 47.9 Å². The average molecular weight is 261 g/mol. The predicted octanol–water partition coefficient (Wildman–Crippen LogP) is 2.05. The van der Waals surface area contributed by atoms with Crippen molar-refractivity contribution in [2.24, 2.45) is 0 Å². The highest BCUT2D eigenvalue weighted by Gasteiger charge is 2.10. The highest BCUT2D eigenvalue weighted by atomic mass is 32.2. The lowest BCUT2D eigenvalue weighted by atomic mass is 10.2. The van der Waals surface area contributed by atoms with E-state index < -0.39 is 5.97 Å². The fourth-order valence-corrected chi connectivity index (χ4v) is 2.17. The maximum atomic E-state index is 11.0. The van der Waals surface area contributed by atoms with E-state index in [4.69, 9.17) is 10.8 Å². The van der Waals surface area contributed by atoms with Gasteiger partial charge in [-0.25, -0.2) is 9.78 Å². The van der Waals surface area contributed by atoms with E-state index in [1.807, 2.05) is 0 Å². The van der Waals surface area contributed by atoms with Gasteiger partial charge in [0.15, 0.2) is 0 Å². The number of nitrogen functional groups attached to an aromatic ring is 1. The standard InChI is InChI=1S/C12H11N3O2S/c13-8-3-4-11(15-6-8)18-7-10-9(12(16)17)2-1-5-14-10/h1-6H,7,13H2,(H,16,17). The number of carboxylic acid groups (broad SMARTS) is 1. The third-order valence-corrected chi connectivity index (χ3v) is 3.19. The van der Waals surface area contributed by atoms with E-state index in [2.05, 4.69) is 9.97 Å². The van der Waals surface area contributed by atoms with Crippen LogP contribution in [0.1, 0.15) is 16.1 Å². The molecular weight excluding hydrogens is 250 g/mol. The number of hydrogen-bond acceptors (Lipinski definition) is 5. The van der Waals surface area contributed by atoms with Gasteiger partial charge in [-0.1, -0.05) is 0 Å². The van der Waals surface area contributed by atoms with E-state index in [0.29, 0.717) is 17.1 Å². The molecule has 0 unspecified atom stereocenters. The summed E-state index contributed by atoms with van der Waals surface area (Å²) in [5.74, 6) is -0.511. The molecule has 0 bridgehead atoms. The largest absolute Gasteiger partial charge is 0.478 e. The van der Waals surface area contributed by atoms with Crippen LogP contribution in [0, 0.1) is 0 Å². The number of nitrogens with two attached hydrogens (primary N) is 1. The number of aromatic nitrogens is 2. The smallest absolute Gasteiger partial charge is 0.337 e. The molecule has 0 radical (unpaired) electrons. The zero-order chi connectivity index (χ0) is 13.0. The molecule has 0 aliphatic carbocycles. The number of nitrogens with zero attached hydrogens (tertiary/aromatic N) is 2. The molecule has 0 fully saturated rings. The van der Waals surface area contributed by atoms with Crippen LogP contribution in [0.15, 0.2) is 41.7 Å². The molecule has 6 heteroatoms. The molecule has 2 aromatic rings. The summed E-state index contributed by atoms with van der Waals surface area (Å²) in [5.41, 5.74) is 6.89. The fourth-order valence-electron chi connectivity index (χ4n) is 1.37. The van der Waals surface area contributed by atoms with Crippen LogP contribution in [0.5, 0.6) is 0 Å². The first-order valence-electron chi connectivity index (χ1n) is 5.18. The molecule has 0 aliphatic heterocycles. The van der Waals surface area contributed by atoms with Gasteiger partial charge < -0.3 is 10.8 Å². The van der Waals surface area contributed by atoms with E-state index in [9.17, 15) is 4.79 Å². The van der Waals surface area contributed by atoms with Crippen molar-refractivity contribution < 1.29 is 9.90 Å². The first-order valence-corrected chi connectivity index (χ1v) is 6.17. The van der Waals surface area contributed by atoms with E-state index in [-0.39, 0.29) is 5.56 Å². The van der Waals surface area contributed by atoms with Crippen molar-refractivity contribution in [1.82, 2.24) is 9.97 Å². The minimum absolute atomic E-state index is 0.223. The summed E-state index contributed by atoms with van der Waals surface area (Å²) < 4.78 is 0. The average Bonchev–Trinajstić information content (AvgIpc) is 2.38. The first kappa shape index (κ1) is 12.4. The minimum Gasteiger partial charge on any atom is -0.478 e. The molecule has 2 aromatic heterocycles. The Bertz CT molecular complexity index is 558. The normalized spacial score (nSPS) is 10.2. The number of carboxylic acids is 1. The van der Waals surface area contributed by atoms with Gasteiger partial charge >= 0.3 is 5.97 Å². The van der Waals surface area contributed by atoms with Crippen LogP contribution < -0.4 is 5.73 Å². The Morgan fingerprint density at radius 1 is 1.33 bits per heavy atom. The Morgan fingerprint density at radius 3 is 2.83 bits per heavy atom. The van der Waals surface area contributed by atoms with Crippen LogP contribution in [-0.4, -0.2) is 21.0 Å². The second-order valence-electron chi connectivity index (χ2n) is 3.52. The molecule has 2 heterocycles. The maximum Gasteiger partial charge on any atom is 0.337 e. The van der Waals surface area contributed by atoms with Gasteiger partial charge in [0.05, 0.1) is 28.2 Å². The van der Waals surface area contributed by atoms with Crippen molar-refractivity contribution in [2.45, 2.75) is 10.8 Å². The highest BCUT2D eigenvalue weighted by Crippen LogP contribution is 2.21. The zero-order valence-electron chi connectivity index (χ0n) is 9.41. The highest BCUT2D eigenvalue weighted by molar-refractivity contribution is 7.98. The number of anilines is 1. The molecule has 18 heavy (non-hydrogen) atoms. The number of aromatic carboxylic acids is 1. The summed E-state index contributed by atoms with van der Waals surface area (Å²) in [6, 6.07) is 6.70. The first-order chi connectivity index (χ1) is 8.66. The van der Waals surface area contributed by atoms with Crippen molar-refractivity contribution in [2.75, 3.05) is 5.73 Å². The molecule has 0 amide bonds. The molecule has 92 valence electrons. The van der Waals surface area contributed by atoms with Gasteiger partial charge in [0.25, 0.3) is 0 Å². The fraction of sp³-hybridized carbons (Fsp3) is 0.0833. The quantitative estimate of drug-likeness (QED) is 0.819. The van der Waals surface area contributed by atoms with Gasteiger partial charge in [-0.2, -0.15) is 0 Å². The number of carbonyl (C=O) groups is 1. The Labute approximate surface area is 108 Å². The second-order valence-corrected chi connectivity index (χ2v) is 4.52. The van der Waals surface area contributed by atoms with Crippen molar-refractivity contribution in [1.29, 1.82) is 0 Å². The van der Waals surface area contributed by atoms with Gasteiger partial charge in [-0.3, -0.25) is 4.98 Å². The Kier molecular flexibility index (Phi) is 3.78. The van der Waals surface area contributed by atoms with Gasteiger partial charge in [-0.15, -0.1) is 11.8 Å². The van der Waals surface area contributed by atoms with E-state index in [1.54, 1.807) is 36.7 Å². The summed E-state index contributed by atoms with van der Waals surface area (Å²) in [4.78, 5) is 19.2. The Hall–Kier alpha value is -2.08. The molecule has 2 rings (SSSR count). The van der Waals surface area contributed by atoms with Gasteiger partial charge in [0.1, 0.15) is 0 Å². The molecule has 0 aromatic carbocycles. The van der Waals surface area contributed by atoms with Crippen LogP contribution in [0.2, 0.25) is 0 Å². The number of pyridine rings is 2. The summed E-state index contributed by atoms with van der Waals surface area (Å²) in [6.45, 7) is 0. The maximum absolute atomic E-state index is 11.0. The number of thioether (sulfide) groups is 1. The molecule has 5 nitrogen and oxygen atoms in total. The van der Waals surface area contributed by atoms with Gasteiger partial charge in [-0.05, 0) is 24.3 Å². The third kappa shape index (κ3) is 2.98. The van der Waals surface area contributed by atoms with Gasteiger partial charge in [0.2, 0.25) is 0 Å². The van der Waals surface area contributed by atoms with Crippen LogP contribution >= 0.6 is 11.8 Å². The molecule has 0 spiro atoms. The van der Waals surface area contributed by atoms with Crippen LogP contribution in [-0.2, 0) is 5.75 Å². The third-order valence-electron chi connectivity index (χ3n) is 2.24. The lowest BCUT2D eigenvalue weighted by Gasteiger charge is -2.04. The Morgan fingerprint density at radius 2 is 2.17 bits per heavy atom. The van der Waals surface area contributed by atoms with Crippen LogP contribution in [0.3, 0.4) is 0 Å². The van der Waals surface area contributed by atoms with E-state index in [0.717, 1.165) is 5.03 Å². The SMILES string of the molecule is Nc1ccc(SCc2ncccc2C(=O)O)nc1. The molecule has 0 saturated heterocycles. The van der Waals surface area contributed by atoms with E-state index in [1.165, 1.54) is 11.8 Å². The second kappa shape index (κ2) is 5.50. The predicted molar refractivity (Wildman–Crippen MR) is 69.4 cm³/mol. The molecule has 0 aliphatic rings. The molecular formula is C12H11N3O2S. The summed E-state index contributed by atoms with van der Waals surface area (Å²) >= 11 is 1.42. The number of hydrogen-bond donors (Lipinski definition) is 2. The molecule has 0 atom stereocenters. The summed E-state index contributed by atoms with van der Waals surface area (Å²) in [7, 11) is 0. The summed E-state index contributed by atoms with van der Waals surface area (Å²) in [5, 5.41) is 9.80. The monoisotopic (exact) mass is 261 g/mol.